The number of hydrogen-bond acceptors (Lipinski definition) is 5. The number of esters is 1. The molecule has 0 aromatic heterocycles. The molecular formula is C12H11NO5. The van der Waals surface area contributed by atoms with Crippen LogP contribution in [-0.2, 0) is 14.3 Å². The Balaban J connectivity index is 2.97. The van der Waals surface area contributed by atoms with Crippen LogP contribution in [-0.4, -0.2) is 23.8 Å². The Hall–Kier alpha value is -2.50. The maximum atomic E-state index is 11.5. The molecule has 0 unspecified atom stereocenters. The van der Waals surface area contributed by atoms with Crippen molar-refractivity contribution in [3.05, 3.63) is 51.7 Å². The van der Waals surface area contributed by atoms with E-state index in [1.807, 2.05) is 0 Å². The summed E-state index contributed by atoms with van der Waals surface area (Å²) in [6, 6.07) is 8.37. The fourth-order valence-corrected chi connectivity index (χ4v) is 1.24. The Kier molecular flexibility index (Phi) is 4.74. The van der Waals surface area contributed by atoms with Gasteiger partial charge >= 0.3 is 11.7 Å². The van der Waals surface area contributed by atoms with Crippen molar-refractivity contribution >= 4 is 17.8 Å². The molecule has 1 aromatic carbocycles. The van der Waals surface area contributed by atoms with Crippen LogP contribution in [0.2, 0.25) is 0 Å². The molecule has 0 saturated heterocycles. The average molecular weight is 249 g/mol. The smallest absolute Gasteiger partial charge is 0.313 e. The number of rotatable bonds is 5. The zero-order valence-corrected chi connectivity index (χ0v) is 9.66. The number of nitrogens with zero attached hydrogens (tertiary/aromatic N) is 1. The van der Waals surface area contributed by atoms with Crippen LogP contribution < -0.4 is 0 Å². The second-order valence-corrected chi connectivity index (χ2v) is 3.37. The van der Waals surface area contributed by atoms with Gasteiger partial charge in [0.05, 0.1) is 12.0 Å². The van der Waals surface area contributed by atoms with Crippen LogP contribution in [0.5, 0.6) is 0 Å². The number of ketones is 1. The number of carbonyl (C=O) groups is 2. The summed E-state index contributed by atoms with van der Waals surface area (Å²) in [5.41, 5.74) is -0.117. The molecule has 0 aliphatic carbocycles. The van der Waals surface area contributed by atoms with Gasteiger partial charge in [0.25, 0.3) is 0 Å². The molecule has 0 bridgehead atoms. The molecule has 0 atom stereocenters. The number of nitro groups is 1. The highest BCUT2D eigenvalue weighted by Gasteiger charge is 2.24. The van der Waals surface area contributed by atoms with Crippen molar-refractivity contribution in [2.24, 2.45) is 0 Å². The monoisotopic (exact) mass is 249 g/mol. The molecule has 1 rings (SSSR count). The van der Waals surface area contributed by atoms with E-state index in [1.165, 1.54) is 0 Å². The molecule has 0 spiro atoms. The van der Waals surface area contributed by atoms with E-state index in [-0.39, 0.29) is 0 Å². The molecule has 1 aromatic rings. The molecule has 6 heteroatoms. The van der Waals surface area contributed by atoms with Gasteiger partial charge in [-0.1, -0.05) is 30.3 Å². The van der Waals surface area contributed by atoms with Gasteiger partial charge < -0.3 is 4.74 Å². The summed E-state index contributed by atoms with van der Waals surface area (Å²) in [6.07, 6.45) is 0.488. The lowest BCUT2D eigenvalue weighted by Crippen LogP contribution is -2.16. The summed E-state index contributed by atoms with van der Waals surface area (Å²) in [5, 5.41) is 10.8. The molecule has 0 amide bonds. The summed E-state index contributed by atoms with van der Waals surface area (Å²) < 4.78 is 4.29. The number of methoxy groups -OCH3 is 1. The van der Waals surface area contributed by atoms with E-state index in [2.05, 4.69) is 4.74 Å². The lowest BCUT2D eigenvalue weighted by molar-refractivity contribution is -0.417. The molecule has 0 fully saturated rings. The highest BCUT2D eigenvalue weighted by molar-refractivity contribution is 6.06. The van der Waals surface area contributed by atoms with Crippen LogP contribution in [0.1, 0.15) is 12.0 Å². The normalized spacial score (nSPS) is 10.8. The van der Waals surface area contributed by atoms with Crippen molar-refractivity contribution in [1.82, 2.24) is 0 Å². The van der Waals surface area contributed by atoms with Crippen molar-refractivity contribution in [2.45, 2.75) is 6.42 Å². The zero-order valence-electron chi connectivity index (χ0n) is 9.66. The topological polar surface area (TPSA) is 86.5 Å². The van der Waals surface area contributed by atoms with Crippen LogP contribution >= 0.6 is 0 Å². The molecule has 0 heterocycles. The van der Waals surface area contributed by atoms with Crippen molar-refractivity contribution in [1.29, 1.82) is 0 Å². The van der Waals surface area contributed by atoms with Gasteiger partial charge in [0, 0.05) is 6.08 Å². The first-order chi connectivity index (χ1) is 8.54. The number of carbonyl (C=O) groups excluding carboxylic acids is 2. The van der Waals surface area contributed by atoms with E-state index in [0.29, 0.717) is 5.56 Å². The molecule has 0 saturated carbocycles. The van der Waals surface area contributed by atoms with E-state index >= 15 is 0 Å². The first-order valence-corrected chi connectivity index (χ1v) is 5.05. The minimum atomic E-state index is -0.879. The lowest BCUT2D eigenvalue weighted by Gasteiger charge is -1.98. The summed E-state index contributed by atoms with van der Waals surface area (Å²) in [6.45, 7) is 0. The van der Waals surface area contributed by atoms with Crippen LogP contribution in [0.4, 0.5) is 0 Å². The van der Waals surface area contributed by atoms with Crippen LogP contribution in [0.25, 0.3) is 6.08 Å². The van der Waals surface area contributed by atoms with E-state index in [9.17, 15) is 19.7 Å². The van der Waals surface area contributed by atoms with Crippen LogP contribution in [0.15, 0.2) is 36.0 Å². The molecule has 0 aliphatic rings. The summed E-state index contributed by atoms with van der Waals surface area (Å²) in [5.74, 6) is -1.68. The quantitative estimate of drug-likeness (QED) is 0.259. The number of allylic oxidation sites excluding steroid dienone is 1. The third kappa shape index (κ3) is 3.82. The van der Waals surface area contributed by atoms with Gasteiger partial charge in [0.15, 0.2) is 0 Å². The van der Waals surface area contributed by atoms with Gasteiger partial charge in [-0.15, -0.1) is 0 Å². The van der Waals surface area contributed by atoms with Gasteiger partial charge in [-0.05, 0) is 5.56 Å². The standard InChI is InChI=1S/C12H11NO5/c1-18-12(15)8-11(14)10(13(16)17)7-9-5-3-2-4-6-9/h2-7H,8H2,1H3. The average Bonchev–Trinajstić information content (AvgIpc) is 2.36. The molecular weight excluding hydrogens is 238 g/mol. The Morgan fingerprint density at radius 2 is 1.94 bits per heavy atom. The number of Topliss-reactive ketones (excluding diaryl/α,β-unsaturated/α-hetero) is 1. The fourth-order valence-electron chi connectivity index (χ4n) is 1.24. The Labute approximate surface area is 103 Å². The predicted molar refractivity (Wildman–Crippen MR) is 63.1 cm³/mol. The minimum Gasteiger partial charge on any atom is -0.469 e. The van der Waals surface area contributed by atoms with E-state index in [1.54, 1.807) is 30.3 Å². The van der Waals surface area contributed by atoms with Crippen LogP contribution in [0.3, 0.4) is 0 Å². The van der Waals surface area contributed by atoms with Gasteiger partial charge in [-0.3, -0.25) is 19.7 Å². The van der Waals surface area contributed by atoms with Crippen molar-refractivity contribution in [3.63, 3.8) is 0 Å². The Bertz CT molecular complexity index is 492. The fraction of sp³-hybridized carbons (Fsp3) is 0.167. The van der Waals surface area contributed by atoms with E-state index < -0.39 is 28.8 Å². The maximum absolute atomic E-state index is 11.5. The second kappa shape index (κ2) is 6.29. The molecule has 94 valence electrons. The van der Waals surface area contributed by atoms with Crippen molar-refractivity contribution < 1.29 is 19.2 Å². The molecule has 18 heavy (non-hydrogen) atoms. The maximum Gasteiger partial charge on any atom is 0.313 e. The van der Waals surface area contributed by atoms with Crippen molar-refractivity contribution in [3.8, 4) is 0 Å². The number of benzene rings is 1. The number of hydrogen-bond donors (Lipinski definition) is 0. The summed E-state index contributed by atoms with van der Waals surface area (Å²) >= 11 is 0. The molecule has 0 N–H and O–H groups in total. The first kappa shape index (κ1) is 13.6. The Morgan fingerprint density at radius 3 is 2.44 bits per heavy atom. The Morgan fingerprint density at radius 1 is 1.33 bits per heavy atom. The molecule has 0 aliphatic heterocycles. The third-order valence-corrected chi connectivity index (χ3v) is 2.12. The number of ether oxygens (including phenoxy) is 1. The highest BCUT2D eigenvalue weighted by atomic mass is 16.6. The van der Waals surface area contributed by atoms with Gasteiger partial charge in [0.2, 0.25) is 5.78 Å². The second-order valence-electron chi connectivity index (χ2n) is 3.37. The van der Waals surface area contributed by atoms with Crippen molar-refractivity contribution in [2.75, 3.05) is 7.11 Å². The summed E-state index contributed by atoms with van der Waals surface area (Å²) in [7, 11) is 1.11. The van der Waals surface area contributed by atoms with E-state index in [0.717, 1.165) is 13.2 Å². The van der Waals surface area contributed by atoms with Gasteiger partial charge in [0.1, 0.15) is 6.42 Å². The highest BCUT2D eigenvalue weighted by Crippen LogP contribution is 2.10. The van der Waals surface area contributed by atoms with Crippen LogP contribution in [0, 0.1) is 10.1 Å². The molecule has 6 nitrogen and oxygen atoms in total. The zero-order chi connectivity index (χ0) is 13.5. The van der Waals surface area contributed by atoms with Gasteiger partial charge in [-0.2, -0.15) is 0 Å². The third-order valence-electron chi connectivity index (χ3n) is 2.12. The van der Waals surface area contributed by atoms with Gasteiger partial charge in [-0.25, -0.2) is 0 Å². The predicted octanol–water partition coefficient (Wildman–Crippen LogP) is 1.44. The SMILES string of the molecule is COC(=O)CC(=O)C(=Cc1ccccc1)[N+](=O)[O-]. The largest absolute Gasteiger partial charge is 0.469 e. The molecule has 0 radical (unpaired) electrons. The summed E-state index contributed by atoms with van der Waals surface area (Å²) in [4.78, 5) is 32.4. The first-order valence-electron chi connectivity index (χ1n) is 5.05. The van der Waals surface area contributed by atoms with E-state index in [4.69, 9.17) is 0 Å². The lowest BCUT2D eigenvalue weighted by atomic mass is 10.1. The minimum absolute atomic E-state index is 0.516.